The van der Waals surface area contributed by atoms with Gasteiger partial charge in [0.15, 0.2) is 5.96 Å². The highest BCUT2D eigenvalue weighted by atomic mass is 127. The number of nitrogens with two attached hydrogens (primary N) is 1. The first kappa shape index (κ1) is 18.2. The smallest absolute Gasteiger partial charge is 0.244 e. The highest BCUT2D eigenvalue weighted by Crippen LogP contribution is 2.09. The molecule has 0 spiro atoms. The first-order chi connectivity index (χ1) is 9.75. The minimum Gasteiger partial charge on any atom is -0.370 e. The van der Waals surface area contributed by atoms with Gasteiger partial charge in [-0.2, -0.15) is 0 Å². The van der Waals surface area contributed by atoms with Gasteiger partial charge in [-0.15, -0.1) is 35.3 Å². The Bertz CT molecular complexity index is 444. The maximum absolute atomic E-state index is 11.9. The highest BCUT2D eigenvalue weighted by Gasteiger charge is 2.15. The van der Waals surface area contributed by atoms with E-state index in [1.54, 1.807) is 11.3 Å². The van der Waals surface area contributed by atoms with Gasteiger partial charge < -0.3 is 16.0 Å². The Balaban J connectivity index is 0.00000220. The number of piperidine rings is 1. The summed E-state index contributed by atoms with van der Waals surface area (Å²) >= 11 is 1.73. The predicted molar refractivity (Wildman–Crippen MR) is 98.4 cm³/mol. The molecule has 1 aliphatic rings. The van der Waals surface area contributed by atoms with Gasteiger partial charge in [0.1, 0.15) is 6.54 Å². The largest absolute Gasteiger partial charge is 0.370 e. The molecule has 0 saturated carbocycles. The topological polar surface area (TPSA) is 70.7 Å². The van der Waals surface area contributed by atoms with Crippen molar-refractivity contribution in [3.8, 4) is 0 Å². The average Bonchev–Trinajstić information content (AvgIpc) is 2.99. The normalized spacial score (nSPS) is 15.4. The van der Waals surface area contributed by atoms with E-state index in [1.807, 2.05) is 11.0 Å². The number of amides is 1. The molecule has 1 aromatic heterocycles. The zero-order valence-corrected chi connectivity index (χ0v) is 15.2. The third-order valence-electron chi connectivity index (χ3n) is 3.35. The minimum atomic E-state index is 0. The molecule has 1 fully saturated rings. The van der Waals surface area contributed by atoms with Crippen LogP contribution in [0.25, 0.3) is 0 Å². The first-order valence-corrected chi connectivity index (χ1v) is 7.97. The van der Waals surface area contributed by atoms with Crippen LogP contribution in [0, 0.1) is 0 Å². The maximum atomic E-state index is 11.9. The Morgan fingerprint density at radius 2 is 2.14 bits per heavy atom. The number of thiophene rings is 1. The van der Waals surface area contributed by atoms with Crippen LogP contribution in [0.15, 0.2) is 22.5 Å². The molecule has 1 aromatic rings. The molecule has 2 heterocycles. The van der Waals surface area contributed by atoms with Crippen LogP contribution in [0.3, 0.4) is 0 Å². The van der Waals surface area contributed by atoms with Crippen molar-refractivity contribution in [2.75, 3.05) is 26.2 Å². The fraction of sp³-hybridized carbons (Fsp3) is 0.571. The molecule has 0 radical (unpaired) electrons. The van der Waals surface area contributed by atoms with E-state index in [0.717, 1.165) is 38.9 Å². The first-order valence-electron chi connectivity index (χ1n) is 7.09. The van der Waals surface area contributed by atoms with Gasteiger partial charge >= 0.3 is 0 Å². The Morgan fingerprint density at radius 3 is 2.81 bits per heavy atom. The molecular formula is C14H23IN4OS. The molecule has 1 amide bonds. The van der Waals surface area contributed by atoms with Crippen molar-refractivity contribution in [2.45, 2.75) is 25.7 Å². The molecule has 0 unspecified atom stereocenters. The lowest BCUT2D eigenvalue weighted by Crippen LogP contribution is -2.39. The zero-order valence-electron chi connectivity index (χ0n) is 12.1. The monoisotopic (exact) mass is 422 g/mol. The molecule has 1 saturated heterocycles. The minimum absolute atomic E-state index is 0. The molecular weight excluding hydrogens is 399 g/mol. The van der Waals surface area contributed by atoms with Gasteiger partial charge in [0.2, 0.25) is 5.91 Å². The van der Waals surface area contributed by atoms with E-state index in [1.165, 1.54) is 11.3 Å². The summed E-state index contributed by atoms with van der Waals surface area (Å²) in [5, 5.41) is 5.10. The van der Waals surface area contributed by atoms with Gasteiger partial charge in [0, 0.05) is 24.5 Å². The third kappa shape index (κ3) is 6.64. The lowest BCUT2D eigenvalue weighted by atomic mass is 10.1. The van der Waals surface area contributed by atoms with E-state index in [9.17, 15) is 4.79 Å². The molecule has 0 atom stereocenters. The van der Waals surface area contributed by atoms with Crippen LogP contribution in [-0.2, 0) is 11.2 Å². The van der Waals surface area contributed by atoms with E-state index < -0.39 is 0 Å². The van der Waals surface area contributed by atoms with Crippen LogP contribution in [0.5, 0.6) is 0 Å². The van der Waals surface area contributed by atoms with Gasteiger partial charge in [-0.05, 0) is 37.1 Å². The van der Waals surface area contributed by atoms with Gasteiger partial charge in [0.05, 0.1) is 0 Å². The van der Waals surface area contributed by atoms with Crippen LogP contribution in [0.2, 0.25) is 0 Å². The number of hydrogen-bond donors (Lipinski definition) is 2. The van der Waals surface area contributed by atoms with E-state index in [4.69, 9.17) is 5.73 Å². The second kappa shape index (κ2) is 9.99. The summed E-state index contributed by atoms with van der Waals surface area (Å²) in [6, 6.07) is 4.13. The Labute approximate surface area is 147 Å². The summed E-state index contributed by atoms with van der Waals surface area (Å²) < 4.78 is 0. The van der Waals surface area contributed by atoms with Gasteiger partial charge in [-0.1, -0.05) is 6.07 Å². The number of halogens is 1. The summed E-state index contributed by atoms with van der Waals surface area (Å²) in [7, 11) is 0. The summed E-state index contributed by atoms with van der Waals surface area (Å²) in [5.74, 6) is 0.430. The molecule has 7 heteroatoms. The maximum Gasteiger partial charge on any atom is 0.244 e. The number of nitrogens with zero attached hydrogens (tertiary/aromatic N) is 2. The Morgan fingerprint density at radius 1 is 1.38 bits per heavy atom. The SMILES string of the molecule is I.NC(=NCC(=O)N1CCCCC1)NCCc1cccs1. The fourth-order valence-electron chi connectivity index (χ4n) is 2.22. The summed E-state index contributed by atoms with van der Waals surface area (Å²) in [6.45, 7) is 2.62. The van der Waals surface area contributed by atoms with Crippen molar-refractivity contribution < 1.29 is 4.79 Å². The molecule has 3 N–H and O–H groups in total. The van der Waals surface area contributed by atoms with Crippen LogP contribution in [0.1, 0.15) is 24.1 Å². The van der Waals surface area contributed by atoms with Gasteiger partial charge in [-0.25, -0.2) is 4.99 Å². The molecule has 21 heavy (non-hydrogen) atoms. The van der Waals surface area contributed by atoms with E-state index >= 15 is 0 Å². The van der Waals surface area contributed by atoms with Crippen LogP contribution < -0.4 is 11.1 Å². The van der Waals surface area contributed by atoms with Crippen molar-refractivity contribution in [3.05, 3.63) is 22.4 Å². The van der Waals surface area contributed by atoms with E-state index in [0.29, 0.717) is 5.96 Å². The van der Waals surface area contributed by atoms with Crippen molar-refractivity contribution in [1.29, 1.82) is 0 Å². The second-order valence-electron chi connectivity index (χ2n) is 4.90. The molecule has 1 aliphatic heterocycles. The molecule has 0 aromatic carbocycles. The molecule has 0 bridgehead atoms. The lowest BCUT2D eigenvalue weighted by molar-refractivity contribution is -0.130. The van der Waals surface area contributed by atoms with Crippen molar-refractivity contribution >= 4 is 47.2 Å². The van der Waals surface area contributed by atoms with E-state index in [-0.39, 0.29) is 36.4 Å². The highest BCUT2D eigenvalue weighted by molar-refractivity contribution is 14.0. The van der Waals surface area contributed by atoms with Gasteiger partial charge in [0.25, 0.3) is 0 Å². The number of rotatable bonds is 5. The Hall–Kier alpha value is -0.830. The van der Waals surface area contributed by atoms with Gasteiger partial charge in [-0.3, -0.25) is 4.79 Å². The average molecular weight is 422 g/mol. The van der Waals surface area contributed by atoms with Crippen LogP contribution in [-0.4, -0.2) is 42.9 Å². The van der Waals surface area contributed by atoms with Crippen molar-refractivity contribution in [3.63, 3.8) is 0 Å². The van der Waals surface area contributed by atoms with Crippen LogP contribution >= 0.6 is 35.3 Å². The van der Waals surface area contributed by atoms with Crippen molar-refractivity contribution in [2.24, 2.45) is 10.7 Å². The summed E-state index contributed by atoms with van der Waals surface area (Å²) in [4.78, 5) is 19.2. The second-order valence-corrected chi connectivity index (χ2v) is 5.93. The lowest BCUT2D eigenvalue weighted by Gasteiger charge is -2.26. The third-order valence-corrected chi connectivity index (χ3v) is 4.29. The number of carbonyl (C=O) groups excluding carboxylic acids is 1. The number of aliphatic imine (C=N–C) groups is 1. The summed E-state index contributed by atoms with van der Waals surface area (Å²) in [6.07, 6.45) is 4.35. The van der Waals surface area contributed by atoms with E-state index in [2.05, 4.69) is 21.8 Å². The number of guanidine groups is 1. The van der Waals surface area contributed by atoms with Crippen LogP contribution in [0.4, 0.5) is 0 Å². The molecule has 2 rings (SSSR count). The quantitative estimate of drug-likeness (QED) is 0.432. The molecule has 118 valence electrons. The number of likely N-dealkylation sites (tertiary alicyclic amines) is 1. The van der Waals surface area contributed by atoms with Crippen molar-refractivity contribution in [1.82, 2.24) is 10.2 Å². The molecule has 0 aliphatic carbocycles. The number of carbonyl (C=O) groups is 1. The zero-order chi connectivity index (χ0) is 14.2. The fourth-order valence-corrected chi connectivity index (χ4v) is 2.93. The predicted octanol–water partition coefficient (Wildman–Crippen LogP) is 1.83. The Kier molecular flexibility index (Phi) is 8.67. The summed E-state index contributed by atoms with van der Waals surface area (Å²) in [5.41, 5.74) is 5.76. The standard InChI is InChI=1S/C14H22N4OS.HI/c15-14(16-7-6-12-5-4-10-20-12)17-11-13(19)18-8-2-1-3-9-18;/h4-5,10H,1-3,6-9,11H2,(H3,15,16,17);1H. The number of nitrogens with one attached hydrogen (secondary N) is 1. The molecule has 5 nitrogen and oxygen atoms in total. The number of hydrogen-bond acceptors (Lipinski definition) is 3.